The van der Waals surface area contributed by atoms with Crippen molar-refractivity contribution < 1.29 is 19.7 Å². The average Bonchev–Trinajstić information content (AvgIpc) is 2.90. The van der Waals surface area contributed by atoms with Crippen molar-refractivity contribution >= 4 is 21.9 Å². The zero-order chi connectivity index (χ0) is 14.7. The van der Waals surface area contributed by atoms with Crippen LogP contribution in [0.2, 0.25) is 0 Å². The fourth-order valence-electron chi connectivity index (χ4n) is 2.89. The molecule has 1 fully saturated rings. The molecule has 4 nitrogen and oxygen atoms in total. The summed E-state index contributed by atoms with van der Waals surface area (Å²) in [7, 11) is 0. The topological polar surface area (TPSA) is 66.8 Å². The largest absolute Gasteiger partial charge is 0.493 e. The Hall–Kier alpha value is -1.07. The molecule has 0 aromatic heterocycles. The van der Waals surface area contributed by atoms with E-state index in [0.717, 1.165) is 28.6 Å². The number of halogens is 1. The van der Waals surface area contributed by atoms with E-state index < -0.39 is 18.0 Å². The molecule has 0 spiro atoms. The molecule has 0 bridgehead atoms. The molecule has 1 aliphatic carbocycles. The highest BCUT2D eigenvalue weighted by molar-refractivity contribution is 9.10. The van der Waals surface area contributed by atoms with Gasteiger partial charge in [-0.25, -0.2) is 0 Å². The van der Waals surface area contributed by atoms with Crippen molar-refractivity contribution in [2.45, 2.75) is 32.3 Å². The van der Waals surface area contributed by atoms with Crippen molar-refractivity contribution in [2.75, 3.05) is 6.61 Å². The predicted molar refractivity (Wildman–Crippen MR) is 78.7 cm³/mol. The Labute approximate surface area is 126 Å². The van der Waals surface area contributed by atoms with Crippen molar-refractivity contribution in [1.29, 1.82) is 0 Å². The highest BCUT2D eigenvalue weighted by atomic mass is 79.9. The molecule has 5 heteroatoms. The molecule has 3 unspecified atom stereocenters. The van der Waals surface area contributed by atoms with Gasteiger partial charge in [-0.2, -0.15) is 0 Å². The summed E-state index contributed by atoms with van der Waals surface area (Å²) in [5, 5.41) is 19.7. The lowest BCUT2D eigenvalue weighted by Crippen LogP contribution is -2.23. The lowest BCUT2D eigenvalue weighted by Gasteiger charge is -2.23. The Kier molecular flexibility index (Phi) is 5.05. The molecular weight excluding hydrogens is 324 g/mol. The van der Waals surface area contributed by atoms with E-state index >= 15 is 0 Å². The van der Waals surface area contributed by atoms with E-state index in [0.29, 0.717) is 13.0 Å². The molecule has 1 saturated carbocycles. The fraction of sp³-hybridized carbons (Fsp3) is 0.533. The molecule has 2 rings (SSSR count). The fourth-order valence-corrected chi connectivity index (χ4v) is 3.41. The molecule has 2 N–H and O–H groups in total. The zero-order valence-electron chi connectivity index (χ0n) is 11.4. The molecule has 0 radical (unpaired) electrons. The van der Waals surface area contributed by atoms with Crippen LogP contribution in [-0.2, 0) is 4.79 Å². The Balaban J connectivity index is 2.18. The summed E-state index contributed by atoms with van der Waals surface area (Å²) < 4.78 is 6.21. The first-order valence-electron chi connectivity index (χ1n) is 6.87. The van der Waals surface area contributed by atoms with Crippen LogP contribution in [0.3, 0.4) is 0 Å². The monoisotopic (exact) mass is 342 g/mol. The van der Waals surface area contributed by atoms with E-state index in [4.69, 9.17) is 4.74 Å². The van der Waals surface area contributed by atoms with Crippen molar-refractivity contribution in [1.82, 2.24) is 0 Å². The van der Waals surface area contributed by atoms with Gasteiger partial charge in [-0.1, -0.05) is 12.5 Å². The first kappa shape index (κ1) is 15.3. The van der Waals surface area contributed by atoms with Gasteiger partial charge >= 0.3 is 5.97 Å². The van der Waals surface area contributed by atoms with Crippen LogP contribution in [-0.4, -0.2) is 22.8 Å². The second-order valence-electron chi connectivity index (χ2n) is 5.11. The van der Waals surface area contributed by atoms with Gasteiger partial charge in [0.1, 0.15) is 5.75 Å². The van der Waals surface area contributed by atoms with Gasteiger partial charge in [0.15, 0.2) is 0 Å². The zero-order valence-corrected chi connectivity index (χ0v) is 13.0. The Morgan fingerprint density at radius 2 is 2.25 bits per heavy atom. The predicted octanol–water partition coefficient (Wildman–Crippen LogP) is 3.38. The van der Waals surface area contributed by atoms with Crippen LogP contribution in [0.5, 0.6) is 5.75 Å². The third-order valence-electron chi connectivity index (χ3n) is 3.89. The van der Waals surface area contributed by atoms with Crippen LogP contribution in [0.4, 0.5) is 0 Å². The van der Waals surface area contributed by atoms with E-state index in [2.05, 4.69) is 15.9 Å². The lowest BCUT2D eigenvalue weighted by atomic mass is 9.87. The van der Waals surface area contributed by atoms with Crippen LogP contribution in [0.25, 0.3) is 0 Å². The number of ether oxygens (including phenoxy) is 1. The van der Waals surface area contributed by atoms with E-state index in [-0.39, 0.29) is 5.92 Å². The summed E-state index contributed by atoms with van der Waals surface area (Å²) in [6.45, 7) is 2.48. The minimum absolute atomic E-state index is 0.211. The van der Waals surface area contributed by atoms with Gasteiger partial charge < -0.3 is 14.9 Å². The number of rotatable bonds is 5. The third kappa shape index (κ3) is 3.15. The number of benzene rings is 1. The van der Waals surface area contributed by atoms with Gasteiger partial charge in [0.25, 0.3) is 0 Å². The molecule has 110 valence electrons. The van der Waals surface area contributed by atoms with Crippen LogP contribution in [0, 0.1) is 11.8 Å². The molecule has 0 heterocycles. The van der Waals surface area contributed by atoms with E-state index in [1.807, 2.05) is 13.0 Å². The number of aliphatic hydroxyl groups is 1. The molecule has 0 saturated heterocycles. The second kappa shape index (κ2) is 6.59. The molecule has 20 heavy (non-hydrogen) atoms. The van der Waals surface area contributed by atoms with Crippen molar-refractivity contribution in [3.63, 3.8) is 0 Å². The van der Waals surface area contributed by atoms with Crippen LogP contribution < -0.4 is 4.74 Å². The van der Waals surface area contributed by atoms with Crippen molar-refractivity contribution in [3.05, 3.63) is 28.2 Å². The smallest absolute Gasteiger partial charge is 0.306 e. The van der Waals surface area contributed by atoms with Gasteiger partial charge in [0.2, 0.25) is 0 Å². The quantitative estimate of drug-likeness (QED) is 0.860. The van der Waals surface area contributed by atoms with Crippen molar-refractivity contribution in [3.8, 4) is 5.75 Å². The average molecular weight is 343 g/mol. The second-order valence-corrected chi connectivity index (χ2v) is 5.96. The summed E-state index contributed by atoms with van der Waals surface area (Å²) in [4.78, 5) is 11.2. The van der Waals surface area contributed by atoms with Gasteiger partial charge in [-0.05, 0) is 53.4 Å². The lowest BCUT2D eigenvalue weighted by molar-refractivity contribution is -0.144. The molecule has 1 aliphatic rings. The molecule has 0 aliphatic heterocycles. The number of carbonyl (C=O) groups is 1. The van der Waals surface area contributed by atoms with E-state index in [1.165, 1.54) is 0 Å². The molecule has 3 atom stereocenters. The highest BCUT2D eigenvalue weighted by Crippen LogP contribution is 2.41. The SMILES string of the molecule is CCOc1ccc(C(O)C2CCCC2C(=O)O)cc1Br. The number of carboxylic acids is 1. The summed E-state index contributed by atoms with van der Waals surface area (Å²) in [6.07, 6.45) is 1.51. The van der Waals surface area contributed by atoms with Gasteiger partial charge in [0.05, 0.1) is 23.1 Å². The molecule has 0 amide bonds. The first-order chi connectivity index (χ1) is 9.54. The number of aliphatic carboxylic acids is 1. The van der Waals surface area contributed by atoms with Gasteiger partial charge in [-0.3, -0.25) is 4.79 Å². The Morgan fingerprint density at radius 1 is 1.50 bits per heavy atom. The van der Waals surface area contributed by atoms with Crippen molar-refractivity contribution in [2.24, 2.45) is 11.8 Å². The van der Waals surface area contributed by atoms with Crippen LogP contribution >= 0.6 is 15.9 Å². The summed E-state index contributed by atoms with van der Waals surface area (Å²) in [6, 6.07) is 5.42. The minimum atomic E-state index is -0.809. The minimum Gasteiger partial charge on any atom is -0.493 e. The Bertz CT molecular complexity index is 489. The van der Waals surface area contributed by atoms with Crippen LogP contribution in [0.1, 0.15) is 37.9 Å². The summed E-state index contributed by atoms with van der Waals surface area (Å²) >= 11 is 3.42. The highest BCUT2D eigenvalue weighted by Gasteiger charge is 2.38. The van der Waals surface area contributed by atoms with Gasteiger partial charge in [0, 0.05) is 5.92 Å². The normalized spacial score (nSPS) is 23.6. The molecule has 1 aromatic carbocycles. The maximum absolute atomic E-state index is 11.2. The number of aliphatic hydroxyl groups excluding tert-OH is 1. The maximum atomic E-state index is 11.2. The number of hydrogen-bond donors (Lipinski definition) is 2. The summed E-state index contributed by atoms with van der Waals surface area (Å²) in [5.41, 5.74) is 0.735. The molecule has 1 aromatic rings. The van der Waals surface area contributed by atoms with E-state index in [9.17, 15) is 15.0 Å². The standard InChI is InChI=1S/C15H19BrO4/c1-2-20-13-7-6-9(8-12(13)16)14(17)10-4-3-5-11(10)15(18)19/h6-8,10-11,14,17H,2-5H2,1H3,(H,18,19). The molecular formula is C15H19BrO4. The first-order valence-corrected chi connectivity index (χ1v) is 7.67. The third-order valence-corrected chi connectivity index (χ3v) is 4.51. The van der Waals surface area contributed by atoms with Gasteiger partial charge in [-0.15, -0.1) is 0 Å². The number of carboxylic acid groups (broad SMARTS) is 1. The van der Waals surface area contributed by atoms with Crippen LogP contribution in [0.15, 0.2) is 22.7 Å². The number of hydrogen-bond acceptors (Lipinski definition) is 3. The van der Waals surface area contributed by atoms with E-state index in [1.54, 1.807) is 12.1 Å². The Morgan fingerprint density at radius 3 is 2.85 bits per heavy atom. The summed E-state index contributed by atoms with van der Waals surface area (Å²) in [5.74, 6) is -0.742. The maximum Gasteiger partial charge on any atom is 0.306 e.